The maximum absolute atomic E-state index is 11.9. The summed E-state index contributed by atoms with van der Waals surface area (Å²) < 4.78 is 0. The van der Waals surface area contributed by atoms with Crippen molar-refractivity contribution in [2.24, 2.45) is 5.10 Å². The van der Waals surface area contributed by atoms with Gasteiger partial charge >= 0.3 is 0 Å². The predicted molar refractivity (Wildman–Crippen MR) is 93.2 cm³/mol. The Morgan fingerprint density at radius 1 is 1.12 bits per heavy atom. The number of aryl methyl sites for hydroxylation is 3. The fourth-order valence-electron chi connectivity index (χ4n) is 2.22. The van der Waals surface area contributed by atoms with E-state index in [2.05, 4.69) is 10.5 Å². The molecule has 1 amide bonds. The second-order valence-electron chi connectivity index (χ2n) is 5.69. The molecule has 0 atom stereocenters. The van der Waals surface area contributed by atoms with Gasteiger partial charge in [0.25, 0.3) is 5.69 Å². The molecule has 1 N–H and O–H groups in total. The largest absolute Gasteiger partial charge is 0.273 e. The highest BCUT2D eigenvalue weighted by Crippen LogP contribution is 2.18. The summed E-state index contributed by atoms with van der Waals surface area (Å²) >= 11 is 0. The normalized spacial score (nSPS) is 10.8. The molecule has 2 aromatic rings. The molecule has 0 fully saturated rings. The molecule has 0 aliphatic heterocycles. The summed E-state index contributed by atoms with van der Waals surface area (Å²) in [5.41, 5.74) is 6.83. The van der Waals surface area contributed by atoms with Crippen molar-refractivity contribution in [3.63, 3.8) is 0 Å². The molecule has 6 heteroatoms. The Bertz CT molecular complexity index is 813. The van der Waals surface area contributed by atoms with Crippen molar-refractivity contribution in [1.82, 2.24) is 5.43 Å². The van der Waals surface area contributed by atoms with Crippen molar-refractivity contribution in [3.05, 3.63) is 74.3 Å². The number of nitrogens with one attached hydrogen (secondary N) is 1. The Morgan fingerprint density at radius 3 is 2.50 bits per heavy atom. The lowest BCUT2D eigenvalue weighted by Gasteiger charge is -2.04. The second-order valence-corrected chi connectivity index (χ2v) is 5.69. The standard InChI is InChI=1S/C18H19N3O3/c1-12-4-6-15(8-14(12)3)10-18(22)20-19-11-16-7-5-13(2)17(9-16)21(23)24/h4-9,11H,10H2,1-3H3,(H,20,22)/b19-11-. The molecule has 0 heterocycles. The number of benzene rings is 2. The van der Waals surface area contributed by atoms with E-state index < -0.39 is 4.92 Å². The van der Waals surface area contributed by atoms with Crippen LogP contribution in [0.2, 0.25) is 0 Å². The molecule has 6 nitrogen and oxygen atoms in total. The van der Waals surface area contributed by atoms with Gasteiger partial charge in [-0.25, -0.2) is 5.43 Å². The van der Waals surface area contributed by atoms with Crippen LogP contribution in [0.25, 0.3) is 0 Å². The number of nitrogens with zero attached hydrogens (tertiary/aromatic N) is 2. The van der Waals surface area contributed by atoms with Gasteiger partial charge in [0.2, 0.25) is 5.91 Å². The maximum atomic E-state index is 11.9. The van der Waals surface area contributed by atoms with E-state index in [1.807, 2.05) is 32.0 Å². The van der Waals surface area contributed by atoms with Crippen LogP contribution in [-0.2, 0) is 11.2 Å². The van der Waals surface area contributed by atoms with E-state index in [1.165, 1.54) is 17.8 Å². The average Bonchev–Trinajstić information content (AvgIpc) is 2.52. The van der Waals surface area contributed by atoms with Crippen LogP contribution in [0.5, 0.6) is 0 Å². The van der Waals surface area contributed by atoms with Crippen molar-refractivity contribution < 1.29 is 9.72 Å². The van der Waals surface area contributed by atoms with Crippen LogP contribution in [0.3, 0.4) is 0 Å². The Morgan fingerprint density at radius 2 is 1.83 bits per heavy atom. The van der Waals surface area contributed by atoms with E-state index in [0.717, 1.165) is 11.1 Å². The fraction of sp³-hybridized carbons (Fsp3) is 0.222. The van der Waals surface area contributed by atoms with E-state index in [-0.39, 0.29) is 18.0 Å². The van der Waals surface area contributed by atoms with Gasteiger partial charge in [-0.3, -0.25) is 14.9 Å². The lowest BCUT2D eigenvalue weighted by atomic mass is 10.0. The molecule has 0 bridgehead atoms. The highest BCUT2D eigenvalue weighted by molar-refractivity contribution is 5.84. The van der Waals surface area contributed by atoms with Gasteiger partial charge in [-0.15, -0.1) is 0 Å². The third-order valence-corrected chi connectivity index (χ3v) is 3.77. The molecule has 0 saturated carbocycles. The monoisotopic (exact) mass is 325 g/mol. The van der Waals surface area contributed by atoms with Gasteiger partial charge in [0.05, 0.1) is 17.6 Å². The van der Waals surface area contributed by atoms with Gasteiger partial charge in [-0.2, -0.15) is 5.10 Å². The third-order valence-electron chi connectivity index (χ3n) is 3.77. The van der Waals surface area contributed by atoms with E-state index >= 15 is 0 Å². The highest BCUT2D eigenvalue weighted by atomic mass is 16.6. The minimum Gasteiger partial charge on any atom is -0.273 e. The Labute approximate surface area is 140 Å². The van der Waals surface area contributed by atoms with Crippen LogP contribution < -0.4 is 5.43 Å². The second kappa shape index (κ2) is 7.50. The van der Waals surface area contributed by atoms with Crippen LogP contribution in [-0.4, -0.2) is 17.0 Å². The Hall–Kier alpha value is -3.02. The van der Waals surface area contributed by atoms with Gasteiger partial charge in [0, 0.05) is 17.2 Å². The number of nitro groups is 1. The van der Waals surface area contributed by atoms with Crippen molar-refractivity contribution >= 4 is 17.8 Å². The number of amides is 1. The average molecular weight is 325 g/mol. The molecule has 0 aliphatic carbocycles. The quantitative estimate of drug-likeness (QED) is 0.520. The SMILES string of the molecule is Cc1ccc(CC(=O)N/N=C\c2ccc(C)c([N+](=O)[O-])c2)cc1C. The molecule has 0 spiro atoms. The minimum atomic E-state index is -0.440. The molecule has 2 aromatic carbocycles. The predicted octanol–water partition coefficient (Wildman–Crippen LogP) is 3.21. The van der Waals surface area contributed by atoms with Crippen LogP contribution >= 0.6 is 0 Å². The molecule has 0 saturated heterocycles. The van der Waals surface area contributed by atoms with E-state index in [0.29, 0.717) is 11.1 Å². The maximum Gasteiger partial charge on any atom is 0.272 e. The van der Waals surface area contributed by atoms with Gasteiger partial charge in [0.1, 0.15) is 0 Å². The fourth-order valence-corrected chi connectivity index (χ4v) is 2.22. The number of carbonyl (C=O) groups is 1. The molecule has 0 unspecified atom stereocenters. The summed E-state index contributed by atoms with van der Waals surface area (Å²) in [6.45, 7) is 5.69. The summed E-state index contributed by atoms with van der Waals surface area (Å²) in [5.74, 6) is -0.240. The molecular formula is C18H19N3O3. The first-order valence-corrected chi connectivity index (χ1v) is 7.50. The zero-order chi connectivity index (χ0) is 17.7. The highest BCUT2D eigenvalue weighted by Gasteiger charge is 2.10. The number of hydrogen-bond donors (Lipinski definition) is 1. The zero-order valence-electron chi connectivity index (χ0n) is 13.9. The van der Waals surface area contributed by atoms with E-state index in [9.17, 15) is 14.9 Å². The summed E-state index contributed by atoms with van der Waals surface area (Å²) in [6.07, 6.45) is 1.62. The third kappa shape index (κ3) is 4.49. The Kier molecular flexibility index (Phi) is 5.42. The van der Waals surface area contributed by atoms with Crippen LogP contribution in [0.15, 0.2) is 41.5 Å². The number of nitro benzene ring substituents is 1. The summed E-state index contributed by atoms with van der Waals surface area (Å²) in [6, 6.07) is 10.6. The van der Waals surface area contributed by atoms with Crippen LogP contribution in [0.1, 0.15) is 27.8 Å². The van der Waals surface area contributed by atoms with Gasteiger partial charge in [-0.1, -0.05) is 30.3 Å². The molecule has 0 radical (unpaired) electrons. The summed E-state index contributed by atoms with van der Waals surface area (Å²) in [7, 11) is 0. The molecule has 0 aromatic heterocycles. The van der Waals surface area contributed by atoms with Gasteiger partial charge in [0.15, 0.2) is 0 Å². The molecule has 124 valence electrons. The summed E-state index contributed by atoms with van der Waals surface area (Å²) in [4.78, 5) is 22.4. The van der Waals surface area contributed by atoms with Crippen LogP contribution in [0, 0.1) is 30.9 Å². The first-order valence-electron chi connectivity index (χ1n) is 7.50. The molecule has 24 heavy (non-hydrogen) atoms. The van der Waals surface area contributed by atoms with E-state index in [4.69, 9.17) is 0 Å². The van der Waals surface area contributed by atoms with Crippen molar-refractivity contribution in [3.8, 4) is 0 Å². The summed E-state index contributed by atoms with van der Waals surface area (Å²) in [5, 5.41) is 14.8. The topological polar surface area (TPSA) is 84.6 Å². The number of rotatable bonds is 5. The van der Waals surface area contributed by atoms with Crippen molar-refractivity contribution in [1.29, 1.82) is 0 Å². The van der Waals surface area contributed by atoms with Gasteiger partial charge in [-0.05, 0) is 37.5 Å². The van der Waals surface area contributed by atoms with Crippen molar-refractivity contribution in [2.75, 3.05) is 0 Å². The minimum absolute atomic E-state index is 0.0282. The lowest BCUT2D eigenvalue weighted by molar-refractivity contribution is -0.385. The van der Waals surface area contributed by atoms with Crippen molar-refractivity contribution in [2.45, 2.75) is 27.2 Å². The molecule has 0 aliphatic rings. The number of hydrazone groups is 1. The first-order chi connectivity index (χ1) is 11.4. The molecular weight excluding hydrogens is 306 g/mol. The lowest BCUT2D eigenvalue weighted by Crippen LogP contribution is -2.19. The smallest absolute Gasteiger partial charge is 0.272 e. The molecule has 2 rings (SSSR count). The Balaban J connectivity index is 1.98. The number of hydrogen-bond acceptors (Lipinski definition) is 4. The van der Waals surface area contributed by atoms with Gasteiger partial charge < -0.3 is 0 Å². The van der Waals surface area contributed by atoms with Crippen LogP contribution in [0.4, 0.5) is 5.69 Å². The first kappa shape index (κ1) is 17.3. The van der Waals surface area contributed by atoms with E-state index in [1.54, 1.807) is 19.1 Å². The number of carbonyl (C=O) groups excluding carboxylic acids is 1. The zero-order valence-corrected chi connectivity index (χ0v) is 13.9.